The minimum Gasteiger partial charge on any atom is -0.382 e. The molecule has 19 nitrogen and oxygen atoms in total. The lowest BCUT2D eigenvalue weighted by atomic mass is 10.1. The first-order valence-electron chi connectivity index (χ1n) is 12.5. The first-order chi connectivity index (χ1) is 20.4. The fraction of sp³-hybridized carbons (Fsp3) is 0.500. The molecule has 3 aliphatic heterocycles. The molecular weight excluding hydrogens is 626 g/mol. The van der Waals surface area contributed by atoms with Gasteiger partial charge >= 0.3 is 15.4 Å². The van der Waals surface area contributed by atoms with E-state index in [0.29, 0.717) is 0 Å². The van der Waals surface area contributed by atoms with E-state index in [4.69, 9.17) is 28.8 Å². The minimum absolute atomic E-state index is 0.000138. The van der Waals surface area contributed by atoms with Gasteiger partial charge in [0.05, 0.1) is 32.2 Å². The van der Waals surface area contributed by atoms with Gasteiger partial charge in [-0.25, -0.2) is 38.3 Å². The molecule has 5 N–H and O–H groups in total. The molecule has 3 fully saturated rings. The maximum atomic E-state index is 16.0. The van der Waals surface area contributed by atoms with Crippen LogP contribution in [0.25, 0.3) is 22.3 Å². The third-order valence-corrected chi connectivity index (χ3v) is 10.2. The predicted octanol–water partition coefficient (Wildman–Crippen LogP) is 0.0991. The van der Waals surface area contributed by atoms with Gasteiger partial charge in [0.2, 0.25) is 0 Å². The van der Waals surface area contributed by atoms with Crippen LogP contribution >= 0.6 is 15.4 Å². The van der Waals surface area contributed by atoms with Crippen LogP contribution in [0, 0.1) is 0 Å². The van der Waals surface area contributed by atoms with Crippen molar-refractivity contribution in [3.63, 3.8) is 0 Å². The number of nitrogens with two attached hydrogens (primary N) is 1. The average Bonchev–Trinajstić information content (AvgIpc) is 3.71. The van der Waals surface area contributed by atoms with Crippen molar-refractivity contribution in [1.29, 1.82) is 0 Å². The summed E-state index contributed by atoms with van der Waals surface area (Å²) in [6, 6.07) is 0. The molecule has 0 spiro atoms. The number of aromatic amines is 1. The molecule has 230 valence electrons. The fourth-order valence-electron chi connectivity index (χ4n) is 5.36. The number of aromatic nitrogens is 8. The van der Waals surface area contributed by atoms with Crippen LogP contribution in [0.2, 0.25) is 0 Å². The molecule has 0 radical (unpaired) electrons. The summed E-state index contributed by atoms with van der Waals surface area (Å²) in [6.45, 7) is -1.81. The van der Waals surface area contributed by atoms with Gasteiger partial charge in [-0.1, -0.05) is 0 Å². The van der Waals surface area contributed by atoms with Gasteiger partial charge in [0, 0.05) is 0 Å². The van der Waals surface area contributed by atoms with Crippen molar-refractivity contribution in [3.05, 3.63) is 35.7 Å². The van der Waals surface area contributed by atoms with Crippen LogP contribution in [-0.4, -0.2) is 98.4 Å². The van der Waals surface area contributed by atoms with Gasteiger partial charge in [0.25, 0.3) is 5.56 Å². The van der Waals surface area contributed by atoms with Crippen molar-refractivity contribution in [2.24, 2.45) is 0 Å². The van der Waals surface area contributed by atoms with Crippen molar-refractivity contribution in [2.75, 3.05) is 18.9 Å². The highest BCUT2D eigenvalue weighted by molar-refractivity contribution is 7.53. The van der Waals surface area contributed by atoms with Crippen LogP contribution in [0.3, 0.4) is 0 Å². The number of nitrogen functional groups attached to an aromatic ring is 1. The minimum atomic E-state index is -5.12. The summed E-state index contributed by atoms with van der Waals surface area (Å²) >= 11 is 0. The fourth-order valence-corrected chi connectivity index (χ4v) is 7.93. The number of ether oxygens (including phenoxy) is 2. The van der Waals surface area contributed by atoms with Crippen molar-refractivity contribution >= 4 is 43.6 Å². The lowest BCUT2D eigenvalue weighted by Gasteiger charge is -2.24. The summed E-state index contributed by atoms with van der Waals surface area (Å²) in [5, 5.41) is 0. The number of rotatable bonds is 2. The Kier molecular flexibility index (Phi) is 6.73. The second kappa shape index (κ2) is 10.1. The van der Waals surface area contributed by atoms with E-state index in [9.17, 15) is 23.7 Å². The first kappa shape index (κ1) is 28.5. The van der Waals surface area contributed by atoms with E-state index in [1.54, 1.807) is 0 Å². The molecule has 3 aliphatic rings. The molecule has 0 bridgehead atoms. The normalized spacial score (nSPS) is 38.6. The van der Waals surface area contributed by atoms with Gasteiger partial charge in [0.1, 0.15) is 35.8 Å². The molecule has 23 heteroatoms. The smallest absolute Gasteiger partial charge is 0.382 e. The molecule has 0 aliphatic carbocycles. The van der Waals surface area contributed by atoms with Crippen LogP contribution < -0.4 is 11.3 Å². The molecule has 10 atom stereocenters. The number of fused-ring (bicyclic) bond motifs is 4. The lowest BCUT2D eigenvalue weighted by Crippen LogP contribution is -2.34. The van der Waals surface area contributed by atoms with Crippen LogP contribution in [0.4, 0.5) is 14.6 Å². The van der Waals surface area contributed by atoms with Gasteiger partial charge in [0.15, 0.2) is 47.4 Å². The second-order valence-corrected chi connectivity index (χ2v) is 13.2. The highest BCUT2D eigenvalue weighted by Crippen LogP contribution is 2.59. The molecule has 4 aromatic rings. The summed E-state index contributed by atoms with van der Waals surface area (Å²) < 4.78 is 87.0. The van der Waals surface area contributed by atoms with Gasteiger partial charge < -0.3 is 34.5 Å². The Morgan fingerprint density at radius 1 is 0.907 bits per heavy atom. The molecule has 0 aromatic carbocycles. The van der Waals surface area contributed by atoms with Crippen LogP contribution in [-0.2, 0) is 32.2 Å². The Bertz CT molecular complexity index is 1870. The second-order valence-electron chi connectivity index (χ2n) is 9.84. The van der Waals surface area contributed by atoms with E-state index in [0.717, 1.165) is 34.4 Å². The SMILES string of the molecule is Nc1ncnc2c1ncn2[C@@H]1O[C@@H]2COP(=O)(O)[C@H]3[C@@H](F)[C@H](n4cnc5c(=O)[nH]cnc54)O[C@@H]3COP(=O)(O)O[C@H]2[C@H]1F. The topological polar surface area (TPSA) is 254 Å². The number of hydrogen-bond donors (Lipinski definition) is 4. The zero-order valence-corrected chi connectivity index (χ0v) is 23.1. The molecule has 0 amide bonds. The average molecular weight is 647 g/mol. The van der Waals surface area contributed by atoms with Crippen molar-refractivity contribution in [2.45, 2.75) is 48.8 Å². The number of nitrogens with one attached hydrogen (secondary N) is 1. The first-order valence-corrected chi connectivity index (χ1v) is 15.6. The number of nitrogens with zero attached hydrogens (tertiary/aromatic N) is 7. The Labute approximate surface area is 237 Å². The van der Waals surface area contributed by atoms with E-state index >= 15 is 8.78 Å². The molecule has 0 saturated carbocycles. The number of phosphoric acid groups is 1. The van der Waals surface area contributed by atoms with Crippen molar-refractivity contribution < 1.29 is 50.7 Å². The summed E-state index contributed by atoms with van der Waals surface area (Å²) in [5.74, 6) is 0.000138. The van der Waals surface area contributed by atoms with Gasteiger partial charge in [-0.3, -0.25) is 27.5 Å². The van der Waals surface area contributed by atoms with Crippen LogP contribution in [0.1, 0.15) is 12.5 Å². The summed E-state index contributed by atoms with van der Waals surface area (Å²) in [6.07, 6.45) is -8.41. The summed E-state index contributed by atoms with van der Waals surface area (Å²) in [4.78, 5) is 55.5. The maximum Gasteiger partial charge on any atom is 0.472 e. The number of phosphoric ester groups is 1. The van der Waals surface area contributed by atoms with Crippen molar-refractivity contribution in [1.82, 2.24) is 39.0 Å². The standard InChI is InChI=1S/C20H21F2N9O10P2/c21-9-13-7(39-19(9)30-5-28-11-15(23)24-3-25-16(11)30)1-37-42(33,34)14-8(2-38-43(35,36)41-13)40-20(10(14)22)31-6-29-12-17(31)26-4-27-18(12)32/h3-10,13-14,19-20H,1-2H2,(H,33,34)(H,35,36)(H2,23,24,25)(H,26,27,32)/t7-,8-,9-,10-,13-,14-,19-,20-/m1/s1. The Hall–Kier alpha value is -3.26. The van der Waals surface area contributed by atoms with E-state index in [2.05, 4.69) is 29.9 Å². The third kappa shape index (κ3) is 4.68. The number of anilines is 1. The quantitative estimate of drug-likeness (QED) is 0.210. The number of halogens is 2. The highest BCUT2D eigenvalue weighted by atomic mass is 31.2. The molecule has 3 saturated heterocycles. The van der Waals surface area contributed by atoms with E-state index < -0.39 is 83.0 Å². The molecule has 2 unspecified atom stereocenters. The van der Waals surface area contributed by atoms with E-state index in [1.807, 2.05) is 0 Å². The Morgan fingerprint density at radius 3 is 2.33 bits per heavy atom. The van der Waals surface area contributed by atoms with Gasteiger partial charge in [-0.05, 0) is 0 Å². The number of imidazole rings is 2. The Balaban J connectivity index is 1.20. The van der Waals surface area contributed by atoms with Crippen LogP contribution in [0.5, 0.6) is 0 Å². The molecular formula is C20H21F2N9O10P2. The largest absolute Gasteiger partial charge is 0.472 e. The number of alkyl halides is 2. The number of H-pyrrole nitrogens is 1. The zero-order valence-electron chi connectivity index (χ0n) is 21.4. The predicted molar refractivity (Wildman–Crippen MR) is 136 cm³/mol. The summed E-state index contributed by atoms with van der Waals surface area (Å²) in [5.41, 5.74) is 3.14. The highest BCUT2D eigenvalue weighted by Gasteiger charge is 2.58. The Morgan fingerprint density at radius 2 is 1.56 bits per heavy atom. The monoisotopic (exact) mass is 647 g/mol. The lowest BCUT2D eigenvalue weighted by molar-refractivity contribution is -0.0460. The molecule has 7 rings (SSSR count). The van der Waals surface area contributed by atoms with Crippen molar-refractivity contribution in [3.8, 4) is 0 Å². The zero-order chi connectivity index (χ0) is 30.3. The van der Waals surface area contributed by atoms with Gasteiger partial charge in [-0.15, -0.1) is 0 Å². The molecule has 4 aromatic heterocycles. The maximum absolute atomic E-state index is 16.0. The van der Waals surface area contributed by atoms with Gasteiger partial charge in [-0.2, -0.15) is 0 Å². The van der Waals surface area contributed by atoms with E-state index in [1.165, 1.54) is 0 Å². The van der Waals surface area contributed by atoms with E-state index in [-0.39, 0.29) is 28.1 Å². The third-order valence-electron chi connectivity index (χ3n) is 7.32. The molecule has 43 heavy (non-hydrogen) atoms. The van der Waals surface area contributed by atoms with Crippen LogP contribution in [0.15, 0.2) is 30.1 Å². The summed E-state index contributed by atoms with van der Waals surface area (Å²) in [7, 11) is -10.1. The number of hydrogen-bond acceptors (Lipinski definition) is 14. The molecule has 7 heterocycles.